The number of β-lactam (4-membered cyclic amide) rings is 1. The Bertz CT molecular complexity index is 254. The zero-order valence-corrected chi connectivity index (χ0v) is 9.22. The predicted octanol–water partition coefficient (Wildman–Crippen LogP) is 1.47. The van der Waals surface area contributed by atoms with Crippen molar-refractivity contribution in [3.05, 3.63) is 0 Å². The maximum atomic E-state index is 11.7. The zero-order valence-electron chi connectivity index (χ0n) is 9.22. The van der Waals surface area contributed by atoms with Gasteiger partial charge >= 0.3 is 0 Å². The molecule has 1 aliphatic heterocycles. The Kier molecular flexibility index (Phi) is 2.11. The summed E-state index contributed by atoms with van der Waals surface area (Å²) in [5.41, 5.74) is -0.336. The van der Waals surface area contributed by atoms with Crippen LogP contribution in [-0.2, 0) is 9.53 Å². The fourth-order valence-corrected chi connectivity index (χ4v) is 2.94. The number of hydrogen-bond acceptors (Lipinski definition) is 2. The second kappa shape index (κ2) is 2.96. The highest BCUT2D eigenvalue weighted by molar-refractivity contribution is 5.90. The van der Waals surface area contributed by atoms with E-state index < -0.39 is 0 Å². The van der Waals surface area contributed by atoms with Crippen LogP contribution < -0.4 is 5.32 Å². The van der Waals surface area contributed by atoms with Crippen LogP contribution in [0.2, 0.25) is 0 Å². The maximum absolute atomic E-state index is 11.7. The molecule has 1 heterocycles. The molecule has 3 nitrogen and oxygen atoms in total. The summed E-state index contributed by atoms with van der Waals surface area (Å²) in [6, 6.07) is 0.204. The van der Waals surface area contributed by atoms with E-state index in [1.54, 1.807) is 7.11 Å². The van der Waals surface area contributed by atoms with Gasteiger partial charge in [0.15, 0.2) is 0 Å². The molecule has 80 valence electrons. The van der Waals surface area contributed by atoms with Gasteiger partial charge in [-0.3, -0.25) is 4.79 Å². The van der Waals surface area contributed by atoms with Crippen molar-refractivity contribution in [2.45, 2.75) is 51.2 Å². The second-order valence-electron chi connectivity index (χ2n) is 5.08. The van der Waals surface area contributed by atoms with Crippen LogP contribution in [0.4, 0.5) is 0 Å². The van der Waals surface area contributed by atoms with Crippen molar-refractivity contribution < 1.29 is 9.53 Å². The van der Waals surface area contributed by atoms with Gasteiger partial charge in [0.25, 0.3) is 0 Å². The second-order valence-corrected chi connectivity index (χ2v) is 5.08. The van der Waals surface area contributed by atoms with Crippen LogP contribution in [0.25, 0.3) is 0 Å². The summed E-state index contributed by atoms with van der Waals surface area (Å²) in [4.78, 5) is 11.7. The molecule has 1 spiro atoms. The molecule has 1 amide bonds. The molecule has 1 atom stereocenters. The van der Waals surface area contributed by atoms with Gasteiger partial charge in [-0.2, -0.15) is 0 Å². The Labute approximate surface area is 85.2 Å². The van der Waals surface area contributed by atoms with Crippen molar-refractivity contribution >= 4 is 5.91 Å². The average molecular weight is 197 g/mol. The SMILES string of the molecule is COC(C)(C)C1NC(=O)C12CCCC2. The largest absolute Gasteiger partial charge is 0.377 e. The number of carbonyl (C=O) groups is 1. The molecule has 2 aliphatic rings. The molecule has 1 unspecified atom stereocenters. The first kappa shape index (κ1) is 9.97. The molecular weight excluding hydrogens is 178 g/mol. The van der Waals surface area contributed by atoms with Crippen molar-refractivity contribution in [1.29, 1.82) is 0 Å². The van der Waals surface area contributed by atoms with Gasteiger partial charge in [0.1, 0.15) is 0 Å². The first-order valence-corrected chi connectivity index (χ1v) is 5.39. The van der Waals surface area contributed by atoms with Gasteiger partial charge in [-0.25, -0.2) is 0 Å². The van der Waals surface area contributed by atoms with Gasteiger partial charge in [-0.05, 0) is 26.7 Å². The van der Waals surface area contributed by atoms with Gasteiger partial charge < -0.3 is 10.1 Å². The molecule has 0 aromatic carbocycles. The predicted molar refractivity (Wildman–Crippen MR) is 53.9 cm³/mol. The Morgan fingerprint density at radius 3 is 2.43 bits per heavy atom. The molecule has 0 bridgehead atoms. The third kappa shape index (κ3) is 1.11. The van der Waals surface area contributed by atoms with Gasteiger partial charge in [0.2, 0.25) is 5.91 Å². The number of hydrogen-bond donors (Lipinski definition) is 1. The molecule has 3 heteroatoms. The minimum Gasteiger partial charge on any atom is -0.377 e. The quantitative estimate of drug-likeness (QED) is 0.681. The zero-order chi connectivity index (χ0) is 10.4. The Balaban J connectivity index is 2.19. The minimum atomic E-state index is -0.238. The van der Waals surface area contributed by atoms with E-state index in [9.17, 15) is 4.79 Å². The maximum Gasteiger partial charge on any atom is 0.228 e. The highest BCUT2D eigenvalue weighted by Crippen LogP contribution is 2.50. The van der Waals surface area contributed by atoms with Gasteiger partial charge in [0.05, 0.1) is 17.1 Å². The molecule has 2 rings (SSSR count). The van der Waals surface area contributed by atoms with E-state index in [1.165, 1.54) is 12.8 Å². The van der Waals surface area contributed by atoms with E-state index >= 15 is 0 Å². The lowest BCUT2D eigenvalue weighted by atomic mass is 9.65. The van der Waals surface area contributed by atoms with E-state index in [-0.39, 0.29) is 23.0 Å². The smallest absolute Gasteiger partial charge is 0.228 e. The molecular formula is C11H19NO2. The first-order chi connectivity index (χ1) is 6.53. The van der Waals surface area contributed by atoms with E-state index in [4.69, 9.17) is 4.74 Å². The fraction of sp³-hybridized carbons (Fsp3) is 0.909. The molecule has 0 aromatic heterocycles. The van der Waals surface area contributed by atoms with E-state index in [1.807, 2.05) is 0 Å². The van der Waals surface area contributed by atoms with Crippen LogP contribution in [0.5, 0.6) is 0 Å². The number of ether oxygens (including phenoxy) is 1. The molecule has 0 radical (unpaired) electrons. The van der Waals surface area contributed by atoms with Crippen molar-refractivity contribution in [2.24, 2.45) is 5.41 Å². The number of methoxy groups -OCH3 is 1. The third-order valence-electron chi connectivity index (χ3n) is 4.00. The number of nitrogens with one attached hydrogen (secondary N) is 1. The van der Waals surface area contributed by atoms with Gasteiger partial charge in [0, 0.05) is 7.11 Å². The van der Waals surface area contributed by atoms with Crippen LogP contribution in [0.15, 0.2) is 0 Å². The Hall–Kier alpha value is -0.570. The number of carbonyl (C=O) groups excluding carboxylic acids is 1. The molecule has 1 saturated heterocycles. The molecule has 2 fully saturated rings. The van der Waals surface area contributed by atoms with Crippen LogP contribution in [0.3, 0.4) is 0 Å². The van der Waals surface area contributed by atoms with Gasteiger partial charge in [-0.15, -0.1) is 0 Å². The number of rotatable bonds is 2. The van der Waals surface area contributed by atoms with Crippen molar-refractivity contribution in [1.82, 2.24) is 5.32 Å². The third-order valence-corrected chi connectivity index (χ3v) is 4.00. The minimum absolute atomic E-state index is 0.0977. The van der Waals surface area contributed by atoms with Crippen LogP contribution in [0, 0.1) is 5.41 Å². The summed E-state index contributed by atoms with van der Waals surface area (Å²) in [5.74, 6) is 0.241. The standard InChI is InChI=1S/C11H19NO2/c1-10(2,14-3)8-11(9(13)12-8)6-4-5-7-11/h8H,4-7H2,1-3H3,(H,12,13). The summed E-state index contributed by atoms with van der Waals surface area (Å²) in [7, 11) is 1.72. The van der Waals surface area contributed by atoms with Crippen LogP contribution in [0.1, 0.15) is 39.5 Å². The van der Waals surface area contributed by atoms with Crippen molar-refractivity contribution in [3.63, 3.8) is 0 Å². The molecule has 14 heavy (non-hydrogen) atoms. The van der Waals surface area contributed by atoms with Gasteiger partial charge in [-0.1, -0.05) is 12.8 Å². The summed E-state index contributed by atoms with van der Waals surface area (Å²) >= 11 is 0. The van der Waals surface area contributed by atoms with Crippen molar-refractivity contribution in [3.8, 4) is 0 Å². The summed E-state index contributed by atoms with van der Waals surface area (Å²) < 4.78 is 5.46. The topological polar surface area (TPSA) is 38.3 Å². The van der Waals surface area contributed by atoms with Crippen LogP contribution in [-0.4, -0.2) is 24.7 Å². The highest BCUT2D eigenvalue weighted by Gasteiger charge is 2.61. The first-order valence-electron chi connectivity index (χ1n) is 5.39. The Morgan fingerprint density at radius 2 is 2.00 bits per heavy atom. The summed E-state index contributed by atoms with van der Waals surface area (Å²) in [6.45, 7) is 4.11. The van der Waals surface area contributed by atoms with E-state index in [0.29, 0.717) is 0 Å². The van der Waals surface area contributed by atoms with Crippen LogP contribution >= 0.6 is 0 Å². The summed E-state index contributed by atoms with van der Waals surface area (Å²) in [6.07, 6.45) is 4.44. The molecule has 1 N–H and O–H groups in total. The number of amides is 1. The fourth-order valence-electron chi connectivity index (χ4n) is 2.94. The Morgan fingerprint density at radius 1 is 1.43 bits per heavy atom. The summed E-state index contributed by atoms with van der Waals surface area (Å²) in [5, 5.41) is 3.00. The lowest BCUT2D eigenvalue weighted by Crippen LogP contribution is -2.73. The van der Waals surface area contributed by atoms with E-state index in [0.717, 1.165) is 12.8 Å². The highest BCUT2D eigenvalue weighted by atomic mass is 16.5. The average Bonchev–Trinajstić information content (AvgIpc) is 2.65. The van der Waals surface area contributed by atoms with Crippen molar-refractivity contribution in [2.75, 3.05) is 7.11 Å². The van der Waals surface area contributed by atoms with E-state index in [2.05, 4.69) is 19.2 Å². The lowest BCUT2D eigenvalue weighted by Gasteiger charge is -2.53. The monoisotopic (exact) mass is 197 g/mol. The molecule has 0 aromatic rings. The molecule has 1 aliphatic carbocycles. The lowest BCUT2D eigenvalue weighted by molar-refractivity contribution is -0.161. The normalized spacial score (nSPS) is 30.2. The molecule has 1 saturated carbocycles.